The van der Waals surface area contributed by atoms with E-state index in [1.807, 2.05) is 30.3 Å². The fourth-order valence-electron chi connectivity index (χ4n) is 3.44. The fourth-order valence-corrected chi connectivity index (χ4v) is 3.44. The number of nitrogens with zero attached hydrogens (tertiary/aromatic N) is 2. The molecule has 0 bridgehead atoms. The third-order valence-corrected chi connectivity index (χ3v) is 5.16. The summed E-state index contributed by atoms with van der Waals surface area (Å²) in [7, 11) is 1.76. The molecule has 146 valence electrons. The third-order valence-electron chi connectivity index (χ3n) is 5.16. The summed E-state index contributed by atoms with van der Waals surface area (Å²) in [5, 5.41) is 1.21. The standard InChI is InChI=1S/C25H24N2O2/c1-19(28)26(2)22-12-14-24(15-13-22)29-18-23-16-21-10-6-7-11-25(21)27(23)17-20-8-4-3-5-9-20/h3-16H,17-18H2,1-2H3. The summed E-state index contributed by atoms with van der Waals surface area (Å²) < 4.78 is 8.38. The van der Waals surface area contributed by atoms with Crippen LogP contribution in [0.2, 0.25) is 0 Å². The maximum Gasteiger partial charge on any atom is 0.223 e. The minimum absolute atomic E-state index is 0.00379. The fraction of sp³-hybridized carbons (Fsp3) is 0.160. The molecular weight excluding hydrogens is 360 g/mol. The van der Waals surface area contributed by atoms with E-state index in [4.69, 9.17) is 4.74 Å². The molecule has 0 spiro atoms. The number of para-hydroxylation sites is 1. The SMILES string of the molecule is CC(=O)N(C)c1ccc(OCc2cc3ccccc3n2Cc2ccccc2)cc1. The van der Waals surface area contributed by atoms with Crippen LogP contribution in [0.15, 0.2) is 84.9 Å². The van der Waals surface area contributed by atoms with Crippen LogP contribution in [-0.2, 0) is 17.9 Å². The number of hydrogen-bond donors (Lipinski definition) is 0. The lowest BCUT2D eigenvalue weighted by Gasteiger charge is -2.16. The number of hydrogen-bond acceptors (Lipinski definition) is 2. The molecule has 0 aliphatic carbocycles. The average molecular weight is 384 g/mol. The molecule has 0 saturated carbocycles. The second kappa shape index (κ2) is 8.23. The number of aromatic nitrogens is 1. The molecule has 0 N–H and O–H groups in total. The van der Waals surface area contributed by atoms with Gasteiger partial charge in [0.15, 0.2) is 0 Å². The lowest BCUT2D eigenvalue weighted by atomic mass is 10.2. The topological polar surface area (TPSA) is 34.5 Å². The molecule has 4 heteroatoms. The molecule has 0 atom stereocenters. The van der Waals surface area contributed by atoms with Gasteiger partial charge < -0.3 is 14.2 Å². The van der Waals surface area contributed by atoms with E-state index < -0.39 is 0 Å². The first-order valence-electron chi connectivity index (χ1n) is 9.70. The Morgan fingerprint density at radius 3 is 2.34 bits per heavy atom. The number of anilines is 1. The Hall–Kier alpha value is -3.53. The number of carbonyl (C=O) groups is 1. The first-order chi connectivity index (χ1) is 14.1. The summed E-state index contributed by atoms with van der Waals surface area (Å²) in [5.41, 5.74) is 4.43. The summed E-state index contributed by atoms with van der Waals surface area (Å²) in [4.78, 5) is 13.1. The minimum Gasteiger partial charge on any atom is -0.487 e. The summed E-state index contributed by atoms with van der Waals surface area (Å²) in [6.45, 7) is 2.83. The molecule has 4 aromatic rings. The molecule has 0 saturated heterocycles. The predicted molar refractivity (Wildman–Crippen MR) is 117 cm³/mol. The second-order valence-electron chi connectivity index (χ2n) is 7.13. The molecular formula is C25H24N2O2. The number of amides is 1. The summed E-state index contributed by atoms with van der Waals surface area (Å²) in [5.74, 6) is 0.784. The van der Waals surface area contributed by atoms with Gasteiger partial charge in [-0.05, 0) is 47.3 Å². The van der Waals surface area contributed by atoms with Crippen LogP contribution in [0, 0.1) is 0 Å². The highest BCUT2D eigenvalue weighted by atomic mass is 16.5. The van der Waals surface area contributed by atoms with Crippen molar-refractivity contribution in [3.8, 4) is 5.75 Å². The van der Waals surface area contributed by atoms with E-state index in [0.717, 1.165) is 23.7 Å². The molecule has 0 fully saturated rings. The number of fused-ring (bicyclic) bond motifs is 1. The van der Waals surface area contributed by atoms with Gasteiger partial charge in [0.2, 0.25) is 5.91 Å². The molecule has 1 heterocycles. The van der Waals surface area contributed by atoms with Crippen LogP contribution in [-0.4, -0.2) is 17.5 Å². The monoisotopic (exact) mass is 384 g/mol. The molecule has 0 aliphatic heterocycles. The van der Waals surface area contributed by atoms with Crippen molar-refractivity contribution in [1.29, 1.82) is 0 Å². The second-order valence-corrected chi connectivity index (χ2v) is 7.13. The highest BCUT2D eigenvalue weighted by Crippen LogP contribution is 2.24. The molecule has 4 nitrogen and oxygen atoms in total. The lowest BCUT2D eigenvalue weighted by molar-refractivity contribution is -0.116. The van der Waals surface area contributed by atoms with Gasteiger partial charge in [0, 0.05) is 31.7 Å². The van der Waals surface area contributed by atoms with Crippen LogP contribution in [0.4, 0.5) is 5.69 Å². The molecule has 1 aromatic heterocycles. The van der Waals surface area contributed by atoms with E-state index in [-0.39, 0.29) is 5.91 Å². The van der Waals surface area contributed by atoms with Gasteiger partial charge in [0.1, 0.15) is 12.4 Å². The van der Waals surface area contributed by atoms with E-state index in [2.05, 4.69) is 59.2 Å². The van der Waals surface area contributed by atoms with Crippen molar-refractivity contribution in [3.63, 3.8) is 0 Å². The van der Waals surface area contributed by atoms with Crippen molar-refractivity contribution in [3.05, 3.63) is 96.2 Å². The number of benzene rings is 3. The number of ether oxygens (including phenoxy) is 1. The third kappa shape index (κ3) is 4.16. The Balaban J connectivity index is 1.56. The van der Waals surface area contributed by atoms with Crippen molar-refractivity contribution < 1.29 is 9.53 Å². The van der Waals surface area contributed by atoms with Gasteiger partial charge in [0.05, 0.1) is 5.69 Å². The van der Waals surface area contributed by atoms with Crippen LogP contribution in [0.25, 0.3) is 10.9 Å². The average Bonchev–Trinajstić information content (AvgIpc) is 3.10. The van der Waals surface area contributed by atoms with Crippen molar-refractivity contribution in [2.24, 2.45) is 0 Å². The predicted octanol–water partition coefficient (Wildman–Crippen LogP) is 5.25. The van der Waals surface area contributed by atoms with Gasteiger partial charge in [-0.3, -0.25) is 4.79 Å². The zero-order chi connectivity index (χ0) is 20.2. The Bertz CT molecular complexity index is 1110. The zero-order valence-electron chi connectivity index (χ0n) is 16.7. The van der Waals surface area contributed by atoms with Gasteiger partial charge in [-0.25, -0.2) is 0 Å². The highest BCUT2D eigenvalue weighted by molar-refractivity contribution is 5.90. The largest absolute Gasteiger partial charge is 0.487 e. The van der Waals surface area contributed by atoms with E-state index in [1.54, 1.807) is 18.9 Å². The number of rotatable bonds is 6. The van der Waals surface area contributed by atoms with Crippen molar-refractivity contribution in [2.75, 3.05) is 11.9 Å². The molecule has 1 amide bonds. The van der Waals surface area contributed by atoms with Gasteiger partial charge in [-0.1, -0.05) is 48.5 Å². The van der Waals surface area contributed by atoms with Crippen LogP contribution < -0.4 is 9.64 Å². The minimum atomic E-state index is 0.00379. The summed E-state index contributed by atoms with van der Waals surface area (Å²) >= 11 is 0. The van der Waals surface area contributed by atoms with Crippen molar-refractivity contribution >= 4 is 22.5 Å². The van der Waals surface area contributed by atoms with E-state index in [9.17, 15) is 4.79 Å². The van der Waals surface area contributed by atoms with E-state index in [1.165, 1.54) is 16.5 Å². The van der Waals surface area contributed by atoms with Gasteiger partial charge in [0.25, 0.3) is 0 Å². The maximum absolute atomic E-state index is 11.5. The molecule has 0 radical (unpaired) electrons. The van der Waals surface area contributed by atoms with Crippen LogP contribution >= 0.6 is 0 Å². The van der Waals surface area contributed by atoms with Crippen molar-refractivity contribution in [2.45, 2.75) is 20.1 Å². The highest BCUT2D eigenvalue weighted by Gasteiger charge is 2.10. The molecule has 3 aromatic carbocycles. The molecule has 0 aliphatic rings. The van der Waals surface area contributed by atoms with Gasteiger partial charge >= 0.3 is 0 Å². The Labute approximate surface area is 171 Å². The zero-order valence-corrected chi connectivity index (χ0v) is 16.7. The molecule has 29 heavy (non-hydrogen) atoms. The van der Waals surface area contributed by atoms with Gasteiger partial charge in [-0.15, -0.1) is 0 Å². The number of carbonyl (C=O) groups excluding carboxylic acids is 1. The van der Waals surface area contributed by atoms with Crippen LogP contribution in [0.1, 0.15) is 18.2 Å². The first kappa shape index (κ1) is 18.8. The van der Waals surface area contributed by atoms with E-state index >= 15 is 0 Å². The quantitative estimate of drug-likeness (QED) is 0.455. The summed E-state index contributed by atoms with van der Waals surface area (Å²) in [6.07, 6.45) is 0. The lowest BCUT2D eigenvalue weighted by Crippen LogP contribution is -2.22. The smallest absolute Gasteiger partial charge is 0.223 e. The summed E-state index contributed by atoms with van der Waals surface area (Å²) in [6, 6.07) is 28.7. The molecule has 0 unspecified atom stereocenters. The van der Waals surface area contributed by atoms with Crippen molar-refractivity contribution in [1.82, 2.24) is 4.57 Å². The molecule has 4 rings (SSSR count). The van der Waals surface area contributed by atoms with Gasteiger partial charge in [-0.2, -0.15) is 0 Å². The Morgan fingerprint density at radius 1 is 0.931 bits per heavy atom. The van der Waals surface area contributed by atoms with Crippen LogP contribution in [0.5, 0.6) is 5.75 Å². The Morgan fingerprint density at radius 2 is 1.62 bits per heavy atom. The normalized spacial score (nSPS) is 10.8. The van der Waals surface area contributed by atoms with E-state index in [0.29, 0.717) is 6.61 Å². The maximum atomic E-state index is 11.5. The Kier molecular flexibility index (Phi) is 5.34. The van der Waals surface area contributed by atoms with Crippen LogP contribution in [0.3, 0.4) is 0 Å². The first-order valence-corrected chi connectivity index (χ1v) is 9.70.